The molecule has 0 saturated heterocycles. The number of benzene rings is 1. The first-order valence-electron chi connectivity index (χ1n) is 5.73. The lowest BCUT2D eigenvalue weighted by Gasteiger charge is -2.10. The molecule has 0 aliphatic carbocycles. The van der Waals surface area contributed by atoms with Crippen LogP contribution in [0.2, 0.25) is 0 Å². The zero-order chi connectivity index (χ0) is 13.6. The molecular weight excluding hydrogens is 335 g/mol. The van der Waals surface area contributed by atoms with E-state index in [4.69, 9.17) is 4.74 Å². The third kappa shape index (κ3) is 2.00. The van der Waals surface area contributed by atoms with Crippen molar-refractivity contribution in [1.29, 1.82) is 0 Å². The molecular formula is C12H10BrFN2O2S. The predicted molar refractivity (Wildman–Crippen MR) is 73.8 cm³/mol. The summed E-state index contributed by atoms with van der Waals surface area (Å²) >= 11 is 4.59. The number of thioether (sulfide) groups is 1. The number of aromatic nitrogens is 2. The van der Waals surface area contributed by atoms with Crippen molar-refractivity contribution < 1.29 is 14.2 Å². The highest BCUT2D eigenvalue weighted by Crippen LogP contribution is 2.40. The van der Waals surface area contributed by atoms with Gasteiger partial charge in [0.25, 0.3) is 0 Å². The maximum atomic E-state index is 14.3. The molecule has 1 aromatic heterocycles. The number of fused-ring (bicyclic) bond motifs is 3. The number of halogens is 2. The van der Waals surface area contributed by atoms with E-state index in [1.54, 1.807) is 0 Å². The third-order valence-electron chi connectivity index (χ3n) is 2.97. The summed E-state index contributed by atoms with van der Waals surface area (Å²) in [5.74, 6) is 0.0888. The van der Waals surface area contributed by atoms with Crippen LogP contribution >= 0.6 is 27.7 Å². The third-order valence-corrected chi connectivity index (χ3v) is 4.52. The van der Waals surface area contributed by atoms with Gasteiger partial charge in [-0.2, -0.15) is 4.98 Å². The van der Waals surface area contributed by atoms with Crippen LogP contribution in [0.4, 0.5) is 4.39 Å². The first-order chi connectivity index (χ1) is 9.13. The van der Waals surface area contributed by atoms with E-state index < -0.39 is 5.82 Å². The van der Waals surface area contributed by atoms with E-state index in [0.717, 1.165) is 16.9 Å². The number of ether oxygens (including phenoxy) is 1. The van der Waals surface area contributed by atoms with Gasteiger partial charge in [0.05, 0.1) is 23.1 Å². The number of hydrogen-bond acceptors (Lipinski definition) is 5. The van der Waals surface area contributed by atoms with E-state index in [2.05, 4.69) is 25.9 Å². The van der Waals surface area contributed by atoms with Gasteiger partial charge in [0.1, 0.15) is 5.52 Å². The Morgan fingerprint density at radius 3 is 2.84 bits per heavy atom. The van der Waals surface area contributed by atoms with Crippen LogP contribution in [0.5, 0.6) is 5.88 Å². The molecule has 7 heteroatoms. The molecule has 1 aliphatic rings. The molecule has 0 spiro atoms. The normalized spacial score (nSPS) is 14.1. The zero-order valence-electron chi connectivity index (χ0n) is 10.0. The standard InChI is InChI=1S/C12H10BrFN2O2S/c1-2-19-12-15-10-7(11(17)16-12)5-3-18-4-6(5)8(13)9(10)14/h2-4H2,1H3,(H,15,16,17). The van der Waals surface area contributed by atoms with Crippen molar-refractivity contribution >= 4 is 38.6 Å². The van der Waals surface area contributed by atoms with Gasteiger partial charge < -0.3 is 9.84 Å². The molecule has 2 aromatic rings. The van der Waals surface area contributed by atoms with Gasteiger partial charge in [0, 0.05) is 5.56 Å². The van der Waals surface area contributed by atoms with Gasteiger partial charge in [-0.25, -0.2) is 9.37 Å². The zero-order valence-corrected chi connectivity index (χ0v) is 12.4. The Morgan fingerprint density at radius 1 is 1.37 bits per heavy atom. The van der Waals surface area contributed by atoms with Crippen LogP contribution in [-0.2, 0) is 18.0 Å². The smallest absolute Gasteiger partial charge is 0.223 e. The average molecular weight is 345 g/mol. The molecule has 0 radical (unpaired) electrons. The van der Waals surface area contributed by atoms with Gasteiger partial charge in [0.2, 0.25) is 5.88 Å². The minimum Gasteiger partial charge on any atom is -0.493 e. The van der Waals surface area contributed by atoms with Gasteiger partial charge in [-0.3, -0.25) is 0 Å². The van der Waals surface area contributed by atoms with E-state index in [9.17, 15) is 9.50 Å². The highest BCUT2D eigenvalue weighted by molar-refractivity contribution is 9.10. The second kappa shape index (κ2) is 4.88. The molecule has 100 valence electrons. The van der Waals surface area contributed by atoms with E-state index in [-0.39, 0.29) is 11.4 Å². The lowest BCUT2D eigenvalue weighted by atomic mass is 10.0. The molecule has 0 bridgehead atoms. The van der Waals surface area contributed by atoms with Gasteiger partial charge in [-0.15, -0.1) is 0 Å². The molecule has 1 aromatic carbocycles. The van der Waals surface area contributed by atoms with E-state index >= 15 is 0 Å². The summed E-state index contributed by atoms with van der Waals surface area (Å²) in [6, 6.07) is 0. The summed E-state index contributed by atoms with van der Waals surface area (Å²) in [5, 5.41) is 10.8. The lowest BCUT2D eigenvalue weighted by molar-refractivity contribution is 0.134. The number of hydrogen-bond donors (Lipinski definition) is 1. The maximum absolute atomic E-state index is 14.3. The van der Waals surface area contributed by atoms with Gasteiger partial charge in [-0.05, 0) is 27.2 Å². The Kier molecular flexibility index (Phi) is 3.36. The monoisotopic (exact) mass is 344 g/mol. The highest BCUT2D eigenvalue weighted by atomic mass is 79.9. The molecule has 0 atom stereocenters. The molecule has 2 heterocycles. The summed E-state index contributed by atoms with van der Waals surface area (Å²) < 4.78 is 20.0. The second-order valence-corrected chi connectivity index (χ2v) is 6.09. The molecule has 0 saturated carbocycles. The number of aromatic hydroxyl groups is 1. The first-order valence-corrected chi connectivity index (χ1v) is 7.51. The summed E-state index contributed by atoms with van der Waals surface area (Å²) in [6.45, 7) is 2.60. The summed E-state index contributed by atoms with van der Waals surface area (Å²) in [5.41, 5.74) is 1.62. The summed E-state index contributed by atoms with van der Waals surface area (Å²) in [7, 11) is 0. The van der Waals surface area contributed by atoms with Crippen molar-refractivity contribution in [2.75, 3.05) is 5.75 Å². The summed E-state index contributed by atoms with van der Waals surface area (Å²) in [4.78, 5) is 8.20. The van der Waals surface area contributed by atoms with Crippen LogP contribution in [0.3, 0.4) is 0 Å². The maximum Gasteiger partial charge on any atom is 0.223 e. The van der Waals surface area contributed by atoms with Crippen LogP contribution in [-0.4, -0.2) is 20.8 Å². The van der Waals surface area contributed by atoms with Crippen LogP contribution in [0, 0.1) is 5.82 Å². The van der Waals surface area contributed by atoms with Crippen LogP contribution in [0.25, 0.3) is 10.9 Å². The minimum atomic E-state index is -0.477. The van der Waals surface area contributed by atoms with Gasteiger partial charge >= 0.3 is 0 Å². The Balaban J connectivity index is 2.38. The van der Waals surface area contributed by atoms with Crippen molar-refractivity contribution in [3.05, 3.63) is 21.4 Å². The van der Waals surface area contributed by atoms with Gasteiger partial charge in [0.15, 0.2) is 11.0 Å². The van der Waals surface area contributed by atoms with Crippen molar-refractivity contribution in [2.45, 2.75) is 25.3 Å². The fraction of sp³-hybridized carbons (Fsp3) is 0.333. The molecule has 4 nitrogen and oxygen atoms in total. The van der Waals surface area contributed by atoms with E-state index in [1.165, 1.54) is 11.8 Å². The fourth-order valence-electron chi connectivity index (χ4n) is 2.14. The molecule has 1 N–H and O–H groups in total. The molecule has 1 aliphatic heterocycles. The summed E-state index contributed by atoms with van der Waals surface area (Å²) in [6.07, 6.45) is 0. The van der Waals surface area contributed by atoms with Crippen LogP contribution in [0.1, 0.15) is 18.1 Å². The van der Waals surface area contributed by atoms with E-state index in [1.807, 2.05) is 6.92 Å². The SMILES string of the molecule is CCSc1nc(O)c2c3c(c(Br)c(F)c2n1)COC3. The average Bonchev–Trinajstić information content (AvgIpc) is 2.85. The topological polar surface area (TPSA) is 55.2 Å². The lowest BCUT2D eigenvalue weighted by Crippen LogP contribution is -1.98. The van der Waals surface area contributed by atoms with Crippen LogP contribution < -0.4 is 0 Å². The molecule has 0 unspecified atom stereocenters. The number of nitrogens with zero attached hydrogens (tertiary/aromatic N) is 2. The largest absolute Gasteiger partial charge is 0.493 e. The molecule has 3 rings (SSSR count). The Bertz CT molecular complexity index is 681. The first kappa shape index (κ1) is 13.1. The van der Waals surface area contributed by atoms with Crippen LogP contribution in [0.15, 0.2) is 9.63 Å². The van der Waals surface area contributed by atoms with Crippen molar-refractivity contribution in [3.63, 3.8) is 0 Å². The molecule has 0 amide bonds. The Labute approximate surface area is 121 Å². The van der Waals surface area contributed by atoms with Gasteiger partial charge in [-0.1, -0.05) is 18.7 Å². The fourth-order valence-corrected chi connectivity index (χ4v) is 3.25. The number of rotatable bonds is 2. The van der Waals surface area contributed by atoms with E-state index in [0.29, 0.717) is 28.2 Å². The molecule has 19 heavy (non-hydrogen) atoms. The Hall–Kier alpha value is -0.920. The predicted octanol–water partition coefficient (Wildman–Crippen LogP) is 3.38. The second-order valence-electron chi connectivity index (χ2n) is 4.06. The Morgan fingerprint density at radius 2 is 2.11 bits per heavy atom. The highest BCUT2D eigenvalue weighted by Gasteiger charge is 2.26. The van der Waals surface area contributed by atoms with Crippen molar-refractivity contribution in [2.24, 2.45) is 0 Å². The molecule has 0 fully saturated rings. The quantitative estimate of drug-likeness (QED) is 0.668. The van der Waals surface area contributed by atoms with Crippen molar-refractivity contribution in [1.82, 2.24) is 9.97 Å². The van der Waals surface area contributed by atoms with Crippen molar-refractivity contribution in [3.8, 4) is 5.88 Å². The minimum absolute atomic E-state index is 0.138.